The van der Waals surface area contributed by atoms with Crippen LogP contribution >= 0.6 is 0 Å². The highest BCUT2D eigenvalue weighted by molar-refractivity contribution is 5.99. The summed E-state index contributed by atoms with van der Waals surface area (Å²) >= 11 is 0. The zero-order valence-corrected chi connectivity index (χ0v) is 18.8. The Morgan fingerprint density at radius 1 is 1.35 bits per heavy atom. The Kier molecular flexibility index (Phi) is 6.47. The SMILES string of the molecule is CC(C)N1C[C@H](C)[C@@H](CNC(=O)OC(C)(C)C)Oc2c(cccc2-c2nn[nH]n2)C1=O. The zero-order valence-electron chi connectivity index (χ0n) is 18.8. The first-order valence-corrected chi connectivity index (χ1v) is 10.4. The van der Waals surface area contributed by atoms with E-state index in [1.807, 2.05) is 25.7 Å². The number of para-hydroxylation sites is 1. The van der Waals surface area contributed by atoms with E-state index in [1.54, 1.807) is 39.0 Å². The summed E-state index contributed by atoms with van der Waals surface area (Å²) in [6.07, 6.45) is -0.928. The normalized spacial score (nSPS) is 19.3. The molecule has 168 valence electrons. The first-order chi connectivity index (χ1) is 14.6. The number of hydrogen-bond acceptors (Lipinski definition) is 7. The first kappa shape index (κ1) is 22.5. The molecule has 0 unspecified atom stereocenters. The van der Waals surface area contributed by atoms with Crippen molar-refractivity contribution in [2.24, 2.45) is 5.92 Å². The Labute approximate surface area is 181 Å². The lowest BCUT2D eigenvalue weighted by Gasteiger charge is -2.37. The van der Waals surface area contributed by atoms with Crippen LogP contribution in [0.15, 0.2) is 18.2 Å². The van der Waals surface area contributed by atoms with Crippen LogP contribution in [0, 0.1) is 5.92 Å². The van der Waals surface area contributed by atoms with Crippen LogP contribution in [-0.2, 0) is 4.74 Å². The van der Waals surface area contributed by atoms with E-state index in [0.717, 1.165) is 0 Å². The number of carbonyl (C=O) groups excluding carboxylic acids is 2. The van der Waals surface area contributed by atoms with Gasteiger partial charge in [0.25, 0.3) is 5.91 Å². The molecule has 2 atom stereocenters. The summed E-state index contributed by atoms with van der Waals surface area (Å²) in [5.41, 5.74) is 0.376. The summed E-state index contributed by atoms with van der Waals surface area (Å²) < 4.78 is 11.7. The van der Waals surface area contributed by atoms with Crippen molar-refractivity contribution >= 4 is 12.0 Å². The number of rotatable bonds is 4. The number of tetrazole rings is 1. The van der Waals surface area contributed by atoms with Gasteiger partial charge in [-0.05, 0) is 52.0 Å². The van der Waals surface area contributed by atoms with E-state index in [1.165, 1.54) is 0 Å². The second-order valence-electron chi connectivity index (χ2n) is 8.99. The van der Waals surface area contributed by atoms with Crippen LogP contribution in [0.4, 0.5) is 4.79 Å². The van der Waals surface area contributed by atoms with Crippen molar-refractivity contribution in [1.29, 1.82) is 0 Å². The highest BCUT2D eigenvalue weighted by Gasteiger charge is 2.34. The number of H-pyrrole nitrogens is 1. The van der Waals surface area contributed by atoms with Gasteiger partial charge in [0, 0.05) is 18.5 Å². The lowest BCUT2D eigenvalue weighted by molar-refractivity contribution is 0.0403. The summed E-state index contributed by atoms with van der Waals surface area (Å²) in [5, 5.41) is 16.9. The Balaban J connectivity index is 1.96. The van der Waals surface area contributed by atoms with Gasteiger partial charge in [0.2, 0.25) is 5.82 Å². The van der Waals surface area contributed by atoms with Crippen LogP contribution in [0.1, 0.15) is 51.9 Å². The number of nitrogens with zero attached hydrogens (tertiary/aromatic N) is 4. The fraction of sp³-hybridized carbons (Fsp3) is 0.571. The maximum absolute atomic E-state index is 13.3. The fourth-order valence-corrected chi connectivity index (χ4v) is 3.40. The number of alkyl carbamates (subject to hydrolysis) is 1. The molecule has 0 bridgehead atoms. The van der Waals surface area contributed by atoms with Gasteiger partial charge in [-0.1, -0.05) is 13.0 Å². The van der Waals surface area contributed by atoms with Crippen LogP contribution in [0.25, 0.3) is 11.4 Å². The summed E-state index contributed by atoms with van der Waals surface area (Å²) in [6, 6.07) is 5.27. The van der Waals surface area contributed by atoms with E-state index in [0.29, 0.717) is 29.2 Å². The summed E-state index contributed by atoms with van der Waals surface area (Å²) in [6.45, 7) is 12.1. The molecule has 0 saturated heterocycles. The van der Waals surface area contributed by atoms with Crippen molar-refractivity contribution in [2.45, 2.75) is 59.3 Å². The Bertz CT molecular complexity index is 922. The molecule has 10 nitrogen and oxygen atoms in total. The predicted octanol–water partition coefficient (Wildman–Crippen LogP) is 2.64. The molecule has 2 heterocycles. The average Bonchev–Trinajstić information content (AvgIpc) is 3.20. The minimum absolute atomic E-state index is 0.00537. The summed E-state index contributed by atoms with van der Waals surface area (Å²) in [7, 11) is 0. The zero-order chi connectivity index (χ0) is 22.8. The molecule has 0 saturated carbocycles. The van der Waals surface area contributed by atoms with Crippen LogP contribution < -0.4 is 10.1 Å². The largest absolute Gasteiger partial charge is 0.487 e. The third-order valence-corrected chi connectivity index (χ3v) is 4.95. The lowest BCUT2D eigenvalue weighted by Crippen LogP contribution is -2.49. The van der Waals surface area contributed by atoms with Gasteiger partial charge in [0.15, 0.2) is 0 Å². The van der Waals surface area contributed by atoms with E-state index < -0.39 is 17.8 Å². The van der Waals surface area contributed by atoms with E-state index >= 15 is 0 Å². The van der Waals surface area contributed by atoms with Crippen molar-refractivity contribution in [2.75, 3.05) is 13.1 Å². The molecular formula is C21H30N6O4. The Morgan fingerprint density at radius 2 is 2.06 bits per heavy atom. The molecule has 1 aliphatic rings. The fourth-order valence-electron chi connectivity index (χ4n) is 3.40. The number of aromatic nitrogens is 4. The van der Waals surface area contributed by atoms with Crippen molar-refractivity contribution in [3.63, 3.8) is 0 Å². The first-order valence-electron chi connectivity index (χ1n) is 10.4. The number of amides is 2. The van der Waals surface area contributed by atoms with E-state index in [4.69, 9.17) is 9.47 Å². The lowest BCUT2D eigenvalue weighted by atomic mass is 9.98. The maximum atomic E-state index is 13.3. The topological polar surface area (TPSA) is 122 Å². The number of carbonyl (C=O) groups is 2. The third-order valence-electron chi connectivity index (χ3n) is 4.95. The van der Waals surface area contributed by atoms with Crippen LogP contribution in [0.2, 0.25) is 0 Å². The molecule has 1 aromatic heterocycles. The van der Waals surface area contributed by atoms with Crippen LogP contribution in [0.5, 0.6) is 5.75 Å². The molecule has 0 aliphatic carbocycles. The number of ether oxygens (including phenoxy) is 2. The number of fused-ring (bicyclic) bond motifs is 1. The standard InChI is InChI=1S/C21H30N6O4/c1-12(2)27-11-13(3)16(10-22-20(29)31-21(4,5)6)30-17-14(18-23-25-26-24-18)8-7-9-15(17)19(27)28/h7-9,12-13,16H,10-11H2,1-6H3,(H,22,29)(H,23,24,25,26)/t13-,16+/m0/s1. The molecule has 0 fully saturated rings. The van der Waals surface area contributed by atoms with Gasteiger partial charge in [-0.3, -0.25) is 4.79 Å². The van der Waals surface area contributed by atoms with Gasteiger partial charge < -0.3 is 19.7 Å². The van der Waals surface area contributed by atoms with Crippen molar-refractivity contribution < 1.29 is 19.1 Å². The van der Waals surface area contributed by atoms with Crippen LogP contribution in [-0.4, -0.2) is 68.4 Å². The molecule has 3 rings (SSSR count). The number of aromatic amines is 1. The van der Waals surface area contributed by atoms with Crippen molar-refractivity contribution in [3.8, 4) is 17.1 Å². The summed E-state index contributed by atoms with van der Waals surface area (Å²) in [5.74, 6) is 0.517. The molecule has 1 aliphatic heterocycles. The molecule has 1 aromatic carbocycles. The number of nitrogens with one attached hydrogen (secondary N) is 2. The second-order valence-corrected chi connectivity index (χ2v) is 8.99. The van der Waals surface area contributed by atoms with Gasteiger partial charge in [-0.15, -0.1) is 10.2 Å². The quantitative estimate of drug-likeness (QED) is 0.764. The van der Waals surface area contributed by atoms with Crippen molar-refractivity contribution in [1.82, 2.24) is 30.8 Å². The third kappa shape index (κ3) is 5.31. The molecule has 10 heteroatoms. The van der Waals surface area contributed by atoms with Gasteiger partial charge in [-0.2, -0.15) is 5.21 Å². The number of benzene rings is 1. The van der Waals surface area contributed by atoms with E-state index in [-0.39, 0.29) is 24.4 Å². The highest BCUT2D eigenvalue weighted by atomic mass is 16.6. The van der Waals surface area contributed by atoms with Crippen LogP contribution in [0.3, 0.4) is 0 Å². The molecular weight excluding hydrogens is 400 g/mol. The highest BCUT2D eigenvalue weighted by Crippen LogP contribution is 2.35. The van der Waals surface area contributed by atoms with Crippen molar-refractivity contribution in [3.05, 3.63) is 23.8 Å². The maximum Gasteiger partial charge on any atom is 0.407 e. The minimum atomic E-state index is -0.600. The molecule has 2 N–H and O–H groups in total. The Hall–Kier alpha value is -3.17. The molecule has 2 aromatic rings. The van der Waals surface area contributed by atoms with Gasteiger partial charge in [0.05, 0.1) is 17.7 Å². The van der Waals surface area contributed by atoms with Gasteiger partial charge in [0.1, 0.15) is 17.5 Å². The van der Waals surface area contributed by atoms with Gasteiger partial charge >= 0.3 is 6.09 Å². The minimum Gasteiger partial charge on any atom is -0.487 e. The average molecular weight is 431 g/mol. The predicted molar refractivity (Wildman–Crippen MR) is 114 cm³/mol. The molecule has 31 heavy (non-hydrogen) atoms. The molecule has 0 radical (unpaired) electrons. The smallest absolute Gasteiger partial charge is 0.407 e. The number of hydrogen-bond donors (Lipinski definition) is 2. The van der Waals surface area contributed by atoms with E-state index in [9.17, 15) is 9.59 Å². The monoisotopic (exact) mass is 430 g/mol. The molecule has 2 amide bonds. The molecule has 0 spiro atoms. The van der Waals surface area contributed by atoms with E-state index in [2.05, 4.69) is 25.9 Å². The summed E-state index contributed by atoms with van der Waals surface area (Å²) in [4.78, 5) is 27.3. The van der Waals surface area contributed by atoms with Gasteiger partial charge in [-0.25, -0.2) is 4.79 Å². The Morgan fingerprint density at radius 3 is 2.68 bits per heavy atom. The second kappa shape index (κ2) is 8.91.